The maximum Gasteiger partial charge on any atom is 0.490 e. The van der Waals surface area contributed by atoms with E-state index in [4.69, 9.17) is 9.90 Å². The molecule has 0 bridgehead atoms. The smallest absolute Gasteiger partial charge is 0.475 e. The first kappa shape index (κ1) is 32.3. The highest BCUT2D eigenvalue weighted by atomic mass is 32.2. The van der Waals surface area contributed by atoms with Crippen molar-refractivity contribution in [1.82, 2.24) is 15.6 Å². The van der Waals surface area contributed by atoms with Crippen molar-refractivity contribution in [3.63, 3.8) is 0 Å². The molecule has 4 N–H and O–H groups in total. The van der Waals surface area contributed by atoms with Crippen molar-refractivity contribution in [3.05, 3.63) is 83.6 Å². The van der Waals surface area contributed by atoms with E-state index in [1.807, 2.05) is 47.4 Å². The number of alkyl halides is 3. The van der Waals surface area contributed by atoms with Crippen LogP contribution in [0.15, 0.2) is 71.8 Å². The number of halogens is 3. The number of aliphatic carboxylic acids is 1. The quantitative estimate of drug-likeness (QED) is 0.288. The van der Waals surface area contributed by atoms with Crippen LogP contribution in [0.1, 0.15) is 34.8 Å². The molecule has 2 heterocycles. The van der Waals surface area contributed by atoms with Gasteiger partial charge in [0.1, 0.15) is 5.82 Å². The van der Waals surface area contributed by atoms with Crippen molar-refractivity contribution >= 4 is 33.4 Å². The van der Waals surface area contributed by atoms with Gasteiger partial charge in [0.25, 0.3) is 15.9 Å². The van der Waals surface area contributed by atoms with E-state index in [-0.39, 0.29) is 16.5 Å². The standard InChI is InChI=1S/C26H31N5O3S.C2HF3O2/c1-2-6-20-9-11-23(12-10-20)35(33,34)30-22-17-24(25(28-19-22)31-15-13-27-14-16-31)26(32)29-18-21-7-4-3-5-8-21;3-2(4,5)1(6)7/h3-5,7-12,17,19,27,30H,2,6,13-16,18H2,1H3,(H,29,32);(H,6,7). The number of nitrogens with one attached hydrogen (secondary N) is 3. The predicted molar refractivity (Wildman–Crippen MR) is 152 cm³/mol. The molecule has 3 aromatic rings. The molecule has 0 unspecified atom stereocenters. The molecule has 42 heavy (non-hydrogen) atoms. The Bertz CT molecular complexity index is 1450. The van der Waals surface area contributed by atoms with Gasteiger partial charge >= 0.3 is 12.1 Å². The third-order valence-electron chi connectivity index (χ3n) is 6.09. The van der Waals surface area contributed by atoms with E-state index >= 15 is 0 Å². The third kappa shape index (κ3) is 9.45. The van der Waals surface area contributed by atoms with Gasteiger partial charge in [-0.2, -0.15) is 13.2 Å². The van der Waals surface area contributed by atoms with Crippen LogP contribution in [0, 0.1) is 0 Å². The Morgan fingerprint density at radius 1 is 1.02 bits per heavy atom. The monoisotopic (exact) mass is 607 g/mol. The van der Waals surface area contributed by atoms with E-state index in [2.05, 4.69) is 27.3 Å². The van der Waals surface area contributed by atoms with Crippen molar-refractivity contribution in [2.45, 2.75) is 37.4 Å². The summed E-state index contributed by atoms with van der Waals surface area (Å²) in [6.07, 6.45) is -1.73. The van der Waals surface area contributed by atoms with E-state index in [0.29, 0.717) is 31.0 Å². The van der Waals surface area contributed by atoms with Gasteiger partial charge in [-0.05, 0) is 35.7 Å². The summed E-state index contributed by atoms with van der Waals surface area (Å²) in [5, 5.41) is 13.4. The molecule has 2 aromatic carbocycles. The maximum atomic E-state index is 13.2. The first-order chi connectivity index (χ1) is 19.9. The average molecular weight is 608 g/mol. The first-order valence-corrected chi connectivity index (χ1v) is 14.6. The van der Waals surface area contributed by atoms with Gasteiger partial charge in [0, 0.05) is 32.7 Å². The summed E-state index contributed by atoms with van der Waals surface area (Å²) in [6.45, 7) is 5.43. The van der Waals surface area contributed by atoms with Crippen LogP contribution in [0.5, 0.6) is 0 Å². The third-order valence-corrected chi connectivity index (χ3v) is 7.49. The fourth-order valence-corrected chi connectivity index (χ4v) is 5.05. The van der Waals surface area contributed by atoms with Crippen molar-refractivity contribution < 1.29 is 36.3 Å². The normalized spacial score (nSPS) is 13.5. The number of pyridine rings is 1. The van der Waals surface area contributed by atoms with Gasteiger partial charge in [-0.3, -0.25) is 9.52 Å². The number of aromatic nitrogens is 1. The lowest BCUT2D eigenvalue weighted by Gasteiger charge is -2.30. The Hall–Kier alpha value is -4.17. The Kier molecular flexibility index (Phi) is 11.3. The lowest BCUT2D eigenvalue weighted by Crippen LogP contribution is -2.44. The van der Waals surface area contributed by atoms with Gasteiger partial charge in [0.05, 0.1) is 22.3 Å². The molecule has 1 amide bonds. The number of carbonyl (C=O) groups excluding carboxylic acids is 1. The number of hydrogen-bond acceptors (Lipinski definition) is 7. The molecule has 0 spiro atoms. The van der Waals surface area contributed by atoms with Crippen LogP contribution >= 0.6 is 0 Å². The number of carbonyl (C=O) groups is 2. The fourth-order valence-electron chi connectivity index (χ4n) is 4.02. The number of piperazine rings is 1. The summed E-state index contributed by atoms with van der Waals surface area (Å²) in [5.41, 5.74) is 2.64. The van der Waals surface area contributed by atoms with Crippen LogP contribution in [0.2, 0.25) is 0 Å². The number of nitrogens with zero attached hydrogens (tertiary/aromatic N) is 2. The summed E-state index contributed by atoms with van der Waals surface area (Å²) in [6, 6.07) is 18.0. The summed E-state index contributed by atoms with van der Waals surface area (Å²) in [5.74, 6) is -2.52. The number of amides is 1. The zero-order valence-corrected chi connectivity index (χ0v) is 23.6. The second-order valence-corrected chi connectivity index (χ2v) is 11.0. The van der Waals surface area contributed by atoms with Crippen LogP contribution in [0.25, 0.3) is 0 Å². The number of carboxylic acids is 1. The number of aryl methyl sites for hydroxylation is 1. The molecule has 0 radical (unpaired) electrons. The van der Waals surface area contributed by atoms with Crippen LogP contribution in [0.3, 0.4) is 0 Å². The van der Waals surface area contributed by atoms with Crippen molar-refractivity contribution in [3.8, 4) is 0 Å². The number of anilines is 2. The van der Waals surface area contributed by atoms with E-state index in [0.717, 1.165) is 37.1 Å². The second kappa shape index (κ2) is 14.6. The van der Waals surface area contributed by atoms with Crippen molar-refractivity contribution in [2.75, 3.05) is 35.8 Å². The predicted octanol–water partition coefficient (Wildman–Crippen LogP) is 3.81. The molecule has 0 saturated carbocycles. The van der Waals surface area contributed by atoms with Gasteiger partial charge in [0.2, 0.25) is 0 Å². The van der Waals surface area contributed by atoms with Crippen molar-refractivity contribution in [2.24, 2.45) is 0 Å². The second-order valence-electron chi connectivity index (χ2n) is 9.30. The molecule has 1 aromatic heterocycles. The number of carboxylic acid groups (broad SMARTS) is 1. The largest absolute Gasteiger partial charge is 0.490 e. The lowest BCUT2D eigenvalue weighted by molar-refractivity contribution is -0.192. The molecule has 0 atom stereocenters. The Balaban J connectivity index is 0.000000616. The van der Waals surface area contributed by atoms with Gasteiger partial charge in [-0.15, -0.1) is 0 Å². The maximum absolute atomic E-state index is 13.2. The molecule has 226 valence electrons. The Morgan fingerprint density at radius 2 is 1.64 bits per heavy atom. The molecular weight excluding hydrogens is 575 g/mol. The molecule has 1 fully saturated rings. The van der Waals surface area contributed by atoms with E-state index in [9.17, 15) is 26.4 Å². The van der Waals surface area contributed by atoms with Crippen LogP contribution in [-0.2, 0) is 27.8 Å². The van der Waals surface area contributed by atoms with Crippen molar-refractivity contribution in [1.29, 1.82) is 0 Å². The molecule has 10 nitrogen and oxygen atoms in total. The van der Waals surface area contributed by atoms with Gasteiger partial charge < -0.3 is 20.6 Å². The number of rotatable bonds is 9. The zero-order valence-electron chi connectivity index (χ0n) is 22.8. The molecule has 0 aliphatic carbocycles. The summed E-state index contributed by atoms with van der Waals surface area (Å²) < 4.78 is 60.3. The number of sulfonamides is 1. The molecule has 1 aliphatic rings. The average Bonchev–Trinajstić information content (AvgIpc) is 2.97. The molecule has 14 heteroatoms. The van der Waals surface area contributed by atoms with Crippen LogP contribution in [0.4, 0.5) is 24.7 Å². The minimum absolute atomic E-state index is 0.165. The van der Waals surface area contributed by atoms with E-state index < -0.39 is 22.2 Å². The minimum Gasteiger partial charge on any atom is -0.475 e. The van der Waals surface area contributed by atoms with E-state index in [1.165, 1.54) is 6.20 Å². The van der Waals surface area contributed by atoms with Crippen LogP contribution < -0.4 is 20.3 Å². The van der Waals surface area contributed by atoms with Gasteiger partial charge in [0.15, 0.2) is 0 Å². The van der Waals surface area contributed by atoms with Gasteiger partial charge in [-0.1, -0.05) is 55.8 Å². The minimum atomic E-state index is -5.08. The number of hydrogen-bond donors (Lipinski definition) is 4. The topological polar surface area (TPSA) is 141 Å². The highest BCUT2D eigenvalue weighted by molar-refractivity contribution is 7.92. The summed E-state index contributed by atoms with van der Waals surface area (Å²) in [4.78, 5) is 28.8. The SMILES string of the molecule is CCCc1ccc(S(=O)(=O)Nc2cnc(N3CCNCC3)c(C(=O)NCc3ccccc3)c2)cc1.O=C(O)C(F)(F)F. The Labute approximate surface area is 242 Å². The van der Waals surface area contributed by atoms with Gasteiger partial charge in [-0.25, -0.2) is 18.2 Å². The molecular formula is C28H32F3N5O5S. The zero-order chi connectivity index (χ0) is 30.8. The highest BCUT2D eigenvalue weighted by Crippen LogP contribution is 2.24. The lowest BCUT2D eigenvalue weighted by atomic mass is 10.1. The van der Waals surface area contributed by atoms with Crippen LogP contribution in [-0.4, -0.2) is 62.7 Å². The molecule has 1 saturated heterocycles. The Morgan fingerprint density at radius 3 is 2.21 bits per heavy atom. The summed E-state index contributed by atoms with van der Waals surface area (Å²) in [7, 11) is -3.83. The number of benzene rings is 2. The highest BCUT2D eigenvalue weighted by Gasteiger charge is 2.38. The first-order valence-electron chi connectivity index (χ1n) is 13.1. The summed E-state index contributed by atoms with van der Waals surface area (Å²) >= 11 is 0. The molecule has 1 aliphatic heterocycles. The fraction of sp³-hybridized carbons (Fsp3) is 0.321. The molecule has 4 rings (SSSR count). The van der Waals surface area contributed by atoms with E-state index in [1.54, 1.807) is 18.2 Å².